The van der Waals surface area contributed by atoms with E-state index in [-0.39, 0.29) is 5.82 Å². The van der Waals surface area contributed by atoms with E-state index < -0.39 is 0 Å². The molecular formula is C20H18FN3. The average molecular weight is 319 g/mol. The number of aromatic nitrogens is 2. The molecule has 0 saturated carbocycles. The van der Waals surface area contributed by atoms with Crippen LogP contribution in [0.5, 0.6) is 0 Å². The molecule has 0 bridgehead atoms. The van der Waals surface area contributed by atoms with E-state index in [1.54, 1.807) is 18.5 Å². The maximum atomic E-state index is 13.3. The van der Waals surface area contributed by atoms with Crippen molar-refractivity contribution in [1.82, 2.24) is 9.97 Å². The van der Waals surface area contributed by atoms with Gasteiger partial charge in [0.15, 0.2) is 0 Å². The third-order valence-corrected chi connectivity index (χ3v) is 4.45. The van der Waals surface area contributed by atoms with E-state index >= 15 is 0 Å². The molecule has 120 valence electrons. The Hall–Kier alpha value is -2.75. The summed E-state index contributed by atoms with van der Waals surface area (Å²) in [5, 5.41) is 1.09. The molecule has 2 aromatic carbocycles. The number of piperidine rings is 1. The van der Waals surface area contributed by atoms with Gasteiger partial charge in [-0.15, -0.1) is 0 Å². The van der Waals surface area contributed by atoms with Gasteiger partial charge in [-0.25, -0.2) is 14.4 Å². The van der Waals surface area contributed by atoms with Gasteiger partial charge in [0.1, 0.15) is 18.0 Å². The third-order valence-electron chi connectivity index (χ3n) is 4.45. The van der Waals surface area contributed by atoms with Crippen LogP contribution in [0.1, 0.15) is 18.4 Å². The number of halogens is 1. The van der Waals surface area contributed by atoms with Gasteiger partial charge in [-0.1, -0.05) is 35.9 Å². The highest BCUT2D eigenvalue weighted by molar-refractivity contribution is 5.89. The van der Waals surface area contributed by atoms with Gasteiger partial charge >= 0.3 is 0 Å². The van der Waals surface area contributed by atoms with Crippen molar-refractivity contribution in [3.05, 3.63) is 71.8 Å². The lowest BCUT2D eigenvalue weighted by Crippen LogP contribution is -2.31. The van der Waals surface area contributed by atoms with Crippen LogP contribution in [0.3, 0.4) is 0 Å². The van der Waals surface area contributed by atoms with Crippen molar-refractivity contribution in [2.75, 3.05) is 18.0 Å². The molecular weight excluding hydrogens is 301 g/mol. The Bertz CT molecular complexity index is 889. The molecule has 24 heavy (non-hydrogen) atoms. The van der Waals surface area contributed by atoms with Crippen LogP contribution in [0.4, 0.5) is 10.2 Å². The quantitative estimate of drug-likeness (QED) is 0.698. The standard InChI is InChI=1S/C20H18FN3/c21-17-5-3-4-16(13-17)12-15-8-10-24(11-9-15)20-18-6-1-2-7-19(18)22-14-23-20/h1-7,12-14H,8-11H2. The Morgan fingerprint density at radius 3 is 2.62 bits per heavy atom. The topological polar surface area (TPSA) is 29.0 Å². The Balaban J connectivity index is 1.53. The third kappa shape index (κ3) is 3.00. The number of hydrogen-bond acceptors (Lipinski definition) is 3. The molecule has 1 aromatic heterocycles. The highest BCUT2D eigenvalue weighted by Crippen LogP contribution is 2.27. The summed E-state index contributed by atoms with van der Waals surface area (Å²) in [6.07, 6.45) is 5.68. The molecule has 0 N–H and O–H groups in total. The van der Waals surface area contributed by atoms with Gasteiger partial charge < -0.3 is 4.90 Å². The van der Waals surface area contributed by atoms with E-state index in [2.05, 4.69) is 27.0 Å². The highest BCUT2D eigenvalue weighted by Gasteiger charge is 2.17. The molecule has 3 nitrogen and oxygen atoms in total. The zero-order valence-electron chi connectivity index (χ0n) is 13.3. The van der Waals surface area contributed by atoms with Crippen molar-refractivity contribution >= 4 is 22.8 Å². The van der Waals surface area contributed by atoms with Crippen LogP contribution in [-0.2, 0) is 0 Å². The van der Waals surface area contributed by atoms with Crippen molar-refractivity contribution < 1.29 is 4.39 Å². The smallest absolute Gasteiger partial charge is 0.139 e. The SMILES string of the molecule is Fc1cccc(C=C2CCN(c3ncnc4ccccc34)CC2)c1. The first-order valence-corrected chi connectivity index (χ1v) is 8.19. The molecule has 0 radical (unpaired) electrons. The summed E-state index contributed by atoms with van der Waals surface area (Å²) < 4.78 is 13.3. The van der Waals surface area contributed by atoms with Crippen molar-refractivity contribution in [2.45, 2.75) is 12.8 Å². The summed E-state index contributed by atoms with van der Waals surface area (Å²) in [4.78, 5) is 11.1. The summed E-state index contributed by atoms with van der Waals surface area (Å²) in [6.45, 7) is 1.84. The lowest BCUT2D eigenvalue weighted by molar-refractivity contribution is 0.627. The van der Waals surface area contributed by atoms with Crippen LogP contribution in [0.25, 0.3) is 17.0 Å². The summed E-state index contributed by atoms with van der Waals surface area (Å²) >= 11 is 0. The molecule has 2 heterocycles. The van der Waals surface area contributed by atoms with Crippen molar-refractivity contribution in [3.8, 4) is 0 Å². The Morgan fingerprint density at radius 1 is 0.958 bits per heavy atom. The second-order valence-corrected chi connectivity index (χ2v) is 6.06. The highest BCUT2D eigenvalue weighted by atomic mass is 19.1. The molecule has 4 rings (SSSR count). The maximum absolute atomic E-state index is 13.3. The van der Waals surface area contributed by atoms with E-state index in [0.717, 1.165) is 48.2 Å². The van der Waals surface area contributed by atoms with Gasteiger partial charge in [0, 0.05) is 18.5 Å². The predicted octanol–water partition coefficient (Wildman–Crippen LogP) is 4.45. The van der Waals surface area contributed by atoms with Crippen molar-refractivity contribution in [1.29, 1.82) is 0 Å². The van der Waals surface area contributed by atoms with Gasteiger partial charge in [0.2, 0.25) is 0 Å². The number of hydrogen-bond donors (Lipinski definition) is 0. The largest absolute Gasteiger partial charge is 0.355 e. The molecule has 1 aliphatic rings. The Morgan fingerprint density at radius 2 is 1.79 bits per heavy atom. The predicted molar refractivity (Wildman–Crippen MR) is 95.4 cm³/mol. The zero-order chi connectivity index (χ0) is 16.4. The minimum atomic E-state index is -0.186. The number of para-hydroxylation sites is 1. The first kappa shape index (κ1) is 14.8. The molecule has 4 heteroatoms. The van der Waals surface area contributed by atoms with Crippen LogP contribution in [-0.4, -0.2) is 23.1 Å². The van der Waals surface area contributed by atoms with Crippen LogP contribution in [0, 0.1) is 5.82 Å². The van der Waals surface area contributed by atoms with E-state index in [0.29, 0.717) is 0 Å². The summed E-state index contributed by atoms with van der Waals surface area (Å²) in [7, 11) is 0. The number of nitrogens with zero attached hydrogens (tertiary/aromatic N) is 3. The summed E-state index contributed by atoms with van der Waals surface area (Å²) in [5.41, 5.74) is 3.27. The van der Waals surface area contributed by atoms with E-state index in [4.69, 9.17) is 0 Å². The fourth-order valence-electron chi connectivity index (χ4n) is 3.22. The van der Waals surface area contributed by atoms with E-state index in [1.165, 1.54) is 11.6 Å². The van der Waals surface area contributed by atoms with Gasteiger partial charge in [-0.3, -0.25) is 0 Å². The molecule has 0 spiro atoms. The second-order valence-electron chi connectivity index (χ2n) is 6.06. The van der Waals surface area contributed by atoms with E-state index in [1.807, 2.05) is 24.3 Å². The fourth-order valence-corrected chi connectivity index (χ4v) is 3.22. The number of benzene rings is 2. The van der Waals surface area contributed by atoms with Gasteiger partial charge in [0.05, 0.1) is 5.52 Å². The normalized spacial score (nSPS) is 14.9. The van der Waals surface area contributed by atoms with Crippen LogP contribution in [0.15, 0.2) is 60.4 Å². The Kier molecular flexibility index (Phi) is 3.95. The van der Waals surface area contributed by atoms with Gasteiger partial charge in [0.25, 0.3) is 0 Å². The molecule has 0 unspecified atom stereocenters. The fraction of sp³-hybridized carbons (Fsp3) is 0.200. The number of rotatable bonds is 2. The molecule has 1 saturated heterocycles. The molecule has 0 amide bonds. The van der Waals surface area contributed by atoms with Crippen molar-refractivity contribution in [3.63, 3.8) is 0 Å². The maximum Gasteiger partial charge on any atom is 0.139 e. The molecule has 0 atom stereocenters. The Labute approximate surface area is 140 Å². The molecule has 1 fully saturated rings. The van der Waals surface area contributed by atoms with Crippen LogP contribution >= 0.6 is 0 Å². The number of fused-ring (bicyclic) bond motifs is 1. The van der Waals surface area contributed by atoms with E-state index in [9.17, 15) is 4.39 Å². The minimum Gasteiger partial charge on any atom is -0.355 e. The number of anilines is 1. The summed E-state index contributed by atoms with van der Waals surface area (Å²) in [5.74, 6) is 0.819. The lowest BCUT2D eigenvalue weighted by Gasteiger charge is -2.30. The molecule has 1 aliphatic heterocycles. The molecule has 3 aromatic rings. The van der Waals surface area contributed by atoms with Crippen LogP contribution in [0.2, 0.25) is 0 Å². The lowest BCUT2D eigenvalue weighted by atomic mass is 10.0. The average Bonchev–Trinajstić information content (AvgIpc) is 2.62. The zero-order valence-corrected chi connectivity index (χ0v) is 13.3. The van der Waals surface area contributed by atoms with Crippen LogP contribution < -0.4 is 4.90 Å². The van der Waals surface area contributed by atoms with Crippen molar-refractivity contribution in [2.24, 2.45) is 0 Å². The molecule has 0 aliphatic carbocycles. The monoisotopic (exact) mass is 319 g/mol. The van der Waals surface area contributed by atoms with Gasteiger partial charge in [-0.2, -0.15) is 0 Å². The first-order chi connectivity index (χ1) is 11.8. The summed E-state index contributed by atoms with van der Waals surface area (Å²) in [6, 6.07) is 14.9. The van der Waals surface area contributed by atoms with Gasteiger partial charge in [-0.05, 0) is 42.7 Å². The minimum absolute atomic E-state index is 0.186. The first-order valence-electron chi connectivity index (χ1n) is 8.19. The second kappa shape index (κ2) is 6.40.